The Morgan fingerprint density at radius 1 is 1.30 bits per heavy atom. The van der Waals surface area contributed by atoms with Crippen LogP contribution in [0.25, 0.3) is 0 Å². The molecule has 2 amide bonds. The number of hydrogen-bond acceptors (Lipinski definition) is 4. The first-order chi connectivity index (χ1) is 11.0. The third-order valence-electron chi connectivity index (χ3n) is 3.68. The topological polar surface area (TPSA) is 84.7 Å². The minimum absolute atomic E-state index is 0.0245. The van der Waals surface area contributed by atoms with Crippen LogP contribution in [-0.4, -0.2) is 28.1 Å². The molecule has 0 saturated heterocycles. The zero-order chi connectivity index (χ0) is 16.8. The maximum atomic E-state index is 12.5. The third-order valence-corrected chi connectivity index (χ3v) is 3.84. The molecular formula is C16H21N3O3S. The van der Waals surface area contributed by atoms with Crippen molar-refractivity contribution in [1.82, 2.24) is 5.06 Å². The Morgan fingerprint density at radius 2 is 1.91 bits per heavy atom. The lowest BCUT2D eigenvalue weighted by Gasteiger charge is -2.23. The lowest BCUT2D eigenvalue weighted by molar-refractivity contribution is -0.115. The van der Waals surface area contributed by atoms with Crippen molar-refractivity contribution < 1.29 is 14.4 Å². The molecule has 0 aromatic heterocycles. The standard InChI is InChI=1S/C16H21N3O3S/c1-2-14(20)18-12-9-7-11(8-10-12)15(21)19(16(17)23)22-13-5-3-4-6-13/h7-10,13H,2-6H2,1H3,(H2,17,23)(H,18,20). The summed E-state index contributed by atoms with van der Waals surface area (Å²) in [5, 5.41) is 3.61. The largest absolute Gasteiger partial charge is 0.374 e. The van der Waals surface area contributed by atoms with Crippen LogP contribution in [0.5, 0.6) is 0 Å². The van der Waals surface area contributed by atoms with Crippen LogP contribution in [0.2, 0.25) is 0 Å². The highest BCUT2D eigenvalue weighted by molar-refractivity contribution is 7.80. The molecule has 6 nitrogen and oxygen atoms in total. The van der Waals surface area contributed by atoms with Crippen LogP contribution in [0, 0.1) is 0 Å². The Morgan fingerprint density at radius 3 is 2.43 bits per heavy atom. The number of anilines is 1. The van der Waals surface area contributed by atoms with E-state index in [4.69, 9.17) is 22.8 Å². The van der Waals surface area contributed by atoms with Crippen LogP contribution in [-0.2, 0) is 9.63 Å². The summed E-state index contributed by atoms with van der Waals surface area (Å²) in [6, 6.07) is 6.54. The van der Waals surface area contributed by atoms with Crippen molar-refractivity contribution in [2.45, 2.75) is 45.1 Å². The quantitative estimate of drug-likeness (QED) is 0.638. The Hall–Kier alpha value is -1.99. The molecule has 0 heterocycles. The van der Waals surface area contributed by atoms with Gasteiger partial charge in [-0.1, -0.05) is 19.8 Å². The molecule has 0 atom stereocenters. The van der Waals surface area contributed by atoms with Gasteiger partial charge < -0.3 is 11.1 Å². The van der Waals surface area contributed by atoms with Gasteiger partial charge in [0.1, 0.15) is 0 Å². The molecule has 23 heavy (non-hydrogen) atoms. The maximum absolute atomic E-state index is 12.5. The van der Waals surface area contributed by atoms with Crippen molar-refractivity contribution >= 4 is 34.8 Å². The minimum atomic E-state index is -0.405. The molecular weight excluding hydrogens is 314 g/mol. The summed E-state index contributed by atoms with van der Waals surface area (Å²) in [5.41, 5.74) is 6.65. The van der Waals surface area contributed by atoms with Gasteiger partial charge in [0.15, 0.2) is 5.11 Å². The van der Waals surface area contributed by atoms with Gasteiger partial charge in [0, 0.05) is 17.7 Å². The second-order valence-corrected chi connectivity index (χ2v) is 5.85. The van der Waals surface area contributed by atoms with Crippen molar-refractivity contribution in [1.29, 1.82) is 0 Å². The third kappa shape index (κ3) is 4.74. The van der Waals surface area contributed by atoms with Crippen LogP contribution in [0.4, 0.5) is 5.69 Å². The number of carbonyl (C=O) groups excluding carboxylic acids is 2. The first-order valence-electron chi connectivity index (χ1n) is 7.72. The number of rotatable bonds is 5. The summed E-state index contributed by atoms with van der Waals surface area (Å²) < 4.78 is 0. The van der Waals surface area contributed by atoms with E-state index in [2.05, 4.69) is 5.32 Å². The molecule has 124 valence electrons. The van der Waals surface area contributed by atoms with Gasteiger partial charge >= 0.3 is 0 Å². The molecule has 1 saturated carbocycles. The molecule has 0 aliphatic heterocycles. The zero-order valence-electron chi connectivity index (χ0n) is 13.1. The van der Waals surface area contributed by atoms with Crippen molar-refractivity contribution in [3.05, 3.63) is 29.8 Å². The van der Waals surface area contributed by atoms with Gasteiger partial charge in [0.05, 0.1) is 6.10 Å². The van der Waals surface area contributed by atoms with Crippen molar-refractivity contribution in [2.24, 2.45) is 5.73 Å². The van der Waals surface area contributed by atoms with E-state index in [1.165, 1.54) is 0 Å². The molecule has 0 unspecified atom stereocenters. The molecule has 3 N–H and O–H groups in total. The highest BCUT2D eigenvalue weighted by atomic mass is 32.1. The van der Waals surface area contributed by atoms with Gasteiger partial charge in [0.25, 0.3) is 5.91 Å². The Labute approximate surface area is 140 Å². The number of benzene rings is 1. The highest BCUT2D eigenvalue weighted by Crippen LogP contribution is 2.23. The predicted octanol–water partition coefficient (Wildman–Crippen LogP) is 2.60. The van der Waals surface area contributed by atoms with Gasteiger partial charge in [-0.05, 0) is 49.3 Å². The first-order valence-corrected chi connectivity index (χ1v) is 8.12. The summed E-state index contributed by atoms with van der Waals surface area (Å²) in [4.78, 5) is 29.5. The van der Waals surface area contributed by atoms with Crippen LogP contribution in [0.3, 0.4) is 0 Å². The minimum Gasteiger partial charge on any atom is -0.374 e. The average Bonchev–Trinajstić information content (AvgIpc) is 3.05. The summed E-state index contributed by atoms with van der Waals surface area (Å²) in [6.45, 7) is 1.77. The van der Waals surface area contributed by atoms with E-state index in [-0.39, 0.29) is 17.1 Å². The molecule has 0 radical (unpaired) electrons. The molecule has 0 bridgehead atoms. The Kier molecular flexibility index (Phi) is 6.06. The normalized spacial score (nSPS) is 14.5. The van der Waals surface area contributed by atoms with Crippen molar-refractivity contribution in [3.8, 4) is 0 Å². The monoisotopic (exact) mass is 335 g/mol. The van der Waals surface area contributed by atoms with E-state index < -0.39 is 5.91 Å². The number of nitrogens with zero attached hydrogens (tertiary/aromatic N) is 1. The summed E-state index contributed by atoms with van der Waals surface area (Å²) in [7, 11) is 0. The average molecular weight is 335 g/mol. The van der Waals surface area contributed by atoms with Gasteiger partial charge in [0.2, 0.25) is 5.91 Å². The molecule has 1 fully saturated rings. The van der Waals surface area contributed by atoms with E-state index in [0.29, 0.717) is 17.7 Å². The second kappa shape index (κ2) is 8.03. The molecule has 1 aromatic rings. The van der Waals surface area contributed by atoms with Crippen molar-refractivity contribution in [2.75, 3.05) is 5.32 Å². The summed E-state index contributed by atoms with van der Waals surface area (Å²) in [6.07, 6.45) is 4.32. The van der Waals surface area contributed by atoms with E-state index in [0.717, 1.165) is 30.7 Å². The van der Waals surface area contributed by atoms with Crippen LogP contribution in [0.15, 0.2) is 24.3 Å². The van der Waals surface area contributed by atoms with E-state index in [1.54, 1.807) is 31.2 Å². The van der Waals surface area contributed by atoms with Crippen LogP contribution in [0.1, 0.15) is 49.4 Å². The number of hydroxylamine groups is 2. The lowest BCUT2D eigenvalue weighted by atomic mass is 10.2. The smallest absolute Gasteiger partial charge is 0.284 e. The molecule has 7 heteroatoms. The fourth-order valence-electron chi connectivity index (χ4n) is 2.41. The lowest BCUT2D eigenvalue weighted by Crippen LogP contribution is -2.42. The molecule has 1 aliphatic carbocycles. The Bertz CT molecular complexity index is 583. The van der Waals surface area contributed by atoms with E-state index in [1.807, 2.05) is 0 Å². The first kappa shape index (κ1) is 17.4. The van der Waals surface area contributed by atoms with Crippen LogP contribution < -0.4 is 11.1 Å². The van der Waals surface area contributed by atoms with E-state index in [9.17, 15) is 9.59 Å². The number of nitrogens with two attached hydrogens (primary N) is 1. The fraction of sp³-hybridized carbons (Fsp3) is 0.438. The van der Waals surface area contributed by atoms with Crippen LogP contribution >= 0.6 is 12.2 Å². The highest BCUT2D eigenvalue weighted by Gasteiger charge is 2.25. The number of amides is 2. The fourth-order valence-corrected chi connectivity index (χ4v) is 2.53. The Balaban J connectivity index is 2.06. The van der Waals surface area contributed by atoms with Gasteiger partial charge in [-0.25, -0.2) is 0 Å². The SMILES string of the molecule is CCC(=O)Nc1ccc(C(=O)N(OC2CCCC2)C(N)=S)cc1. The number of nitrogens with one attached hydrogen (secondary N) is 1. The number of carbonyl (C=O) groups is 2. The summed E-state index contributed by atoms with van der Waals surface area (Å²) >= 11 is 4.93. The number of hydrogen-bond donors (Lipinski definition) is 2. The molecule has 1 aromatic carbocycles. The zero-order valence-corrected chi connectivity index (χ0v) is 13.9. The van der Waals surface area contributed by atoms with E-state index >= 15 is 0 Å². The maximum Gasteiger partial charge on any atom is 0.284 e. The van der Waals surface area contributed by atoms with Gasteiger partial charge in [-0.15, -0.1) is 0 Å². The summed E-state index contributed by atoms with van der Waals surface area (Å²) in [5.74, 6) is -0.490. The molecule has 0 spiro atoms. The predicted molar refractivity (Wildman–Crippen MR) is 91.7 cm³/mol. The number of thiocarbonyl (C=S) groups is 1. The molecule has 2 rings (SSSR count). The second-order valence-electron chi connectivity index (χ2n) is 5.43. The molecule has 1 aliphatic rings. The van der Waals surface area contributed by atoms with Gasteiger partial charge in [-0.2, -0.15) is 5.06 Å². The van der Waals surface area contributed by atoms with Gasteiger partial charge in [-0.3, -0.25) is 14.4 Å². The van der Waals surface area contributed by atoms with Crippen molar-refractivity contribution in [3.63, 3.8) is 0 Å².